The molecule has 20 heavy (non-hydrogen) atoms. The highest BCUT2D eigenvalue weighted by Crippen LogP contribution is 2.25. The lowest BCUT2D eigenvalue weighted by Crippen LogP contribution is -2.42. The smallest absolute Gasteiger partial charge is 0.254 e. The molecule has 1 saturated heterocycles. The number of benzene rings is 1. The van der Waals surface area contributed by atoms with E-state index in [9.17, 15) is 4.79 Å². The Morgan fingerprint density at radius 1 is 1.60 bits per heavy atom. The summed E-state index contributed by atoms with van der Waals surface area (Å²) in [7, 11) is 1.66. The van der Waals surface area contributed by atoms with E-state index in [2.05, 4.69) is 22.6 Å². The number of halogens is 2. The van der Waals surface area contributed by atoms with E-state index < -0.39 is 0 Å². The predicted molar refractivity (Wildman–Crippen MR) is 92.8 cm³/mol. The number of nitrogens with zero attached hydrogens (tertiary/aromatic N) is 1. The monoisotopic (exact) mass is 425 g/mol. The molecule has 0 bridgehead atoms. The second-order valence-corrected chi connectivity index (χ2v) is 7.36. The minimum absolute atomic E-state index is 0.0489. The number of carbonyl (C=O) groups is 1. The number of thioether (sulfide) groups is 1. The van der Waals surface area contributed by atoms with Crippen molar-refractivity contribution in [2.24, 2.45) is 0 Å². The molecule has 1 aliphatic rings. The lowest BCUT2D eigenvalue weighted by atomic mass is 10.1. The van der Waals surface area contributed by atoms with Gasteiger partial charge in [-0.1, -0.05) is 11.6 Å². The van der Waals surface area contributed by atoms with Crippen LogP contribution in [-0.2, 0) is 4.74 Å². The van der Waals surface area contributed by atoms with Gasteiger partial charge in [0.05, 0.1) is 11.6 Å². The van der Waals surface area contributed by atoms with Crippen molar-refractivity contribution in [3.8, 4) is 0 Å². The Kier molecular flexibility index (Phi) is 6.45. The number of hydrogen-bond acceptors (Lipinski definition) is 3. The molecule has 0 N–H and O–H groups in total. The first kappa shape index (κ1) is 16.4. The quantitative estimate of drug-likeness (QED) is 0.676. The molecule has 1 aromatic rings. The molecule has 1 atom stereocenters. The summed E-state index contributed by atoms with van der Waals surface area (Å²) in [5.74, 6) is 2.18. The summed E-state index contributed by atoms with van der Waals surface area (Å²) < 4.78 is 6.09. The molecular formula is C14H17ClINO2S. The maximum atomic E-state index is 12.7. The Balaban J connectivity index is 2.17. The molecule has 1 aromatic carbocycles. The number of carbonyl (C=O) groups excluding carboxylic acids is 1. The molecule has 0 radical (unpaired) electrons. The van der Waals surface area contributed by atoms with Crippen molar-refractivity contribution in [3.63, 3.8) is 0 Å². The molecule has 110 valence electrons. The first-order valence-electron chi connectivity index (χ1n) is 6.46. The summed E-state index contributed by atoms with van der Waals surface area (Å²) in [4.78, 5) is 14.6. The van der Waals surface area contributed by atoms with Gasteiger partial charge in [-0.15, -0.1) is 0 Å². The van der Waals surface area contributed by atoms with Gasteiger partial charge in [-0.3, -0.25) is 4.79 Å². The molecule has 6 heteroatoms. The van der Waals surface area contributed by atoms with Crippen LogP contribution in [0, 0.1) is 3.57 Å². The van der Waals surface area contributed by atoms with E-state index in [1.807, 2.05) is 28.8 Å². The maximum absolute atomic E-state index is 12.7. The molecule has 2 rings (SSSR count). The molecule has 0 saturated carbocycles. The third-order valence-corrected chi connectivity index (χ3v) is 6.03. The number of hydrogen-bond donors (Lipinski definition) is 0. The standard InChI is InChI=1S/C14H17ClINO2S/c1-19-6-5-17(11-4-7-20-9-11)14(18)10-2-3-13(16)12(15)8-10/h2-3,8,11H,4-7,9H2,1H3. The Labute approximate surface area is 142 Å². The molecule has 0 spiro atoms. The molecule has 1 fully saturated rings. The van der Waals surface area contributed by atoms with Gasteiger partial charge in [0.1, 0.15) is 0 Å². The highest BCUT2D eigenvalue weighted by atomic mass is 127. The normalized spacial score (nSPS) is 18.2. The Bertz CT molecular complexity index is 480. The van der Waals surface area contributed by atoms with E-state index in [1.165, 1.54) is 0 Å². The van der Waals surface area contributed by atoms with E-state index in [4.69, 9.17) is 16.3 Å². The minimum Gasteiger partial charge on any atom is -0.383 e. The molecule has 0 aromatic heterocycles. The number of amides is 1. The maximum Gasteiger partial charge on any atom is 0.254 e. The van der Waals surface area contributed by atoms with E-state index >= 15 is 0 Å². The van der Waals surface area contributed by atoms with Crippen LogP contribution in [0.4, 0.5) is 0 Å². The van der Waals surface area contributed by atoms with Gasteiger partial charge in [0, 0.05) is 34.6 Å². The molecule has 3 nitrogen and oxygen atoms in total. The van der Waals surface area contributed by atoms with Gasteiger partial charge in [-0.2, -0.15) is 11.8 Å². The lowest BCUT2D eigenvalue weighted by molar-refractivity contribution is 0.0624. The van der Waals surface area contributed by atoms with Crippen LogP contribution in [0.3, 0.4) is 0 Å². The van der Waals surface area contributed by atoms with Crippen molar-refractivity contribution >= 4 is 51.9 Å². The fourth-order valence-corrected chi connectivity index (χ4v) is 3.94. The summed E-state index contributed by atoms with van der Waals surface area (Å²) in [5, 5.41) is 0.629. The van der Waals surface area contributed by atoms with Gasteiger partial charge in [-0.05, 0) is 53.0 Å². The second kappa shape index (κ2) is 7.87. The first-order chi connectivity index (χ1) is 9.63. The van der Waals surface area contributed by atoms with Crippen LogP contribution in [-0.4, -0.2) is 48.6 Å². The van der Waals surface area contributed by atoms with Crippen molar-refractivity contribution in [3.05, 3.63) is 32.4 Å². The van der Waals surface area contributed by atoms with Gasteiger partial charge in [0.2, 0.25) is 0 Å². The van der Waals surface area contributed by atoms with Crippen LogP contribution in [0.5, 0.6) is 0 Å². The van der Waals surface area contributed by atoms with Gasteiger partial charge >= 0.3 is 0 Å². The fraction of sp³-hybridized carbons (Fsp3) is 0.500. The van der Waals surface area contributed by atoms with Crippen molar-refractivity contribution in [2.75, 3.05) is 31.8 Å². The zero-order chi connectivity index (χ0) is 14.5. The van der Waals surface area contributed by atoms with Gasteiger partial charge in [0.15, 0.2) is 0 Å². The van der Waals surface area contributed by atoms with E-state index in [0.29, 0.717) is 29.8 Å². The highest BCUT2D eigenvalue weighted by Gasteiger charge is 2.27. The van der Waals surface area contributed by atoms with Gasteiger partial charge in [0.25, 0.3) is 5.91 Å². The zero-order valence-electron chi connectivity index (χ0n) is 11.3. The second-order valence-electron chi connectivity index (χ2n) is 4.64. The van der Waals surface area contributed by atoms with Gasteiger partial charge < -0.3 is 9.64 Å². The summed E-state index contributed by atoms with van der Waals surface area (Å²) in [6.07, 6.45) is 1.05. The van der Waals surface area contributed by atoms with E-state index in [-0.39, 0.29) is 5.91 Å². The molecular weight excluding hydrogens is 409 g/mol. The van der Waals surface area contributed by atoms with E-state index in [0.717, 1.165) is 21.5 Å². The highest BCUT2D eigenvalue weighted by molar-refractivity contribution is 14.1. The average molecular weight is 426 g/mol. The molecule has 1 heterocycles. The largest absolute Gasteiger partial charge is 0.383 e. The van der Waals surface area contributed by atoms with Crippen molar-refractivity contribution in [2.45, 2.75) is 12.5 Å². The summed E-state index contributed by atoms with van der Waals surface area (Å²) in [6.45, 7) is 1.19. The Morgan fingerprint density at radius 2 is 2.40 bits per heavy atom. The van der Waals surface area contributed by atoms with Crippen molar-refractivity contribution in [1.29, 1.82) is 0 Å². The lowest BCUT2D eigenvalue weighted by Gasteiger charge is -2.28. The SMILES string of the molecule is COCCN(C(=O)c1ccc(I)c(Cl)c1)C1CCSC1. The molecule has 0 aliphatic carbocycles. The number of methoxy groups -OCH3 is 1. The summed E-state index contributed by atoms with van der Waals surface area (Å²) in [6, 6.07) is 5.79. The summed E-state index contributed by atoms with van der Waals surface area (Å²) >= 11 is 10.2. The Hall–Kier alpha value is 0.0200. The Morgan fingerprint density at radius 3 is 3.00 bits per heavy atom. The zero-order valence-corrected chi connectivity index (χ0v) is 15.0. The minimum atomic E-state index is 0.0489. The number of ether oxygens (including phenoxy) is 1. The van der Waals surface area contributed by atoms with Crippen LogP contribution >= 0.6 is 46.0 Å². The molecule has 1 unspecified atom stereocenters. The first-order valence-corrected chi connectivity index (χ1v) is 9.07. The van der Waals surface area contributed by atoms with Crippen LogP contribution in [0.1, 0.15) is 16.8 Å². The average Bonchev–Trinajstić information content (AvgIpc) is 2.96. The van der Waals surface area contributed by atoms with Crippen molar-refractivity contribution < 1.29 is 9.53 Å². The third-order valence-electron chi connectivity index (χ3n) is 3.31. The van der Waals surface area contributed by atoms with Crippen LogP contribution in [0.2, 0.25) is 5.02 Å². The fourth-order valence-electron chi connectivity index (χ4n) is 2.20. The topological polar surface area (TPSA) is 29.5 Å². The van der Waals surface area contributed by atoms with E-state index in [1.54, 1.807) is 13.2 Å². The predicted octanol–water partition coefficient (Wildman–Crippen LogP) is 3.54. The van der Waals surface area contributed by atoms with Crippen LogP contribution in [0.25, 0.3) is 0 Å². The molecule has 1 amide bonds. The van der Waals surface area contributed by atoms with Gasteiger partial charge in [-0.25, -0.2) is 0 Å². The molecule has 1 aliphatic heterocycles. The van der Waals surface area contributed by atoms with Crippen LogP contribution in [0.15, 0.2) is 18.2 Å². The van der Waals surface area contributed by atoms with Crippen LogP contribution < -0.4 is 0 Å². The third kappa shape index (κ3) is 4.02. The van der Waals surface area contributed by atoms with Crippen molar-refractivity contribution in [1.82, 2.24) is 4.90 Å². The summed E-state index contributed by atoms with van der Waals surface area (Å²) in [5.41, 5.74) is 0.656. The number of rotatable bonds is 5.